The second-order valence-electron chi connectivity index (χ2n) is 7.00. The highest BCUT2D eigenvalue weighted by atomic mass is 16.5. The maximum atomic E-state index is 5.83. The minimum Gasteiger partial charge on any atom is -0.493 e. The Bertz CT molecular complexity index is 486. The molecule has 0 radical (unpaired) electrons. The van der Waals surface area contributed by atoms with Crippen molar-refractivity contribution in [1.29, 1.82) is 0 Å². The van der Waals surface area contributed by atoms with Crippen LogP contribution in [0.5, 0.6) is 5.75 Å². The van der Waals surface area contributed by atoms with Crippen LogP contribution in [0.25, 0.3) is 0 Å². The van der Waals surface area contributed by atoms with Gasteiger partial charge < -0.3 is 15.0 Å². The van der Waals surface area contributed by atoms with Crippen molar-refractivity contribution in [2.75, 3.05) is 32.8 Å². The fourth-order valence-corrected chi connectivity index (χ4v) is 3.80. The number of hydrogen-bond donors (Lipinski definition) is 1. The van der Waals surface area contributed by atoms with Gasteiger partial charge >= 0.3 is 0 Å². The summed E-state index contributed by atoms with van der Waals surface area (Å²) in [4.78, 5) is 2.67. The van der Waals surface area contributed by atoms with Gasteiger partial charge in [-0.2, -0.15) is 0 Å². The standard InChI is InChI=1S/C18H26N2O/c1-2-6-18-17(5-1)15(13-21-18)12-20-9-3-4-14(11-20)10-19-16-7-8-16/h1-2,5-6,14-16,19H,3-4,7-13H2. The summed E-state index contributed by atoms with van der Waals surface area (Å²) in [6, 6.07) is 9.40. The number of hydrogen-bond acceptors (Lipinski definition) is 3. The molecule has 3 heteroatoms. The molecule has 2 unspecified atom stereocenters. The number of ether oxygens (including phenoxy) is 1. The number of piperidine rings is 1. The van der Waals surface area contributed by atoms with Crippen molar-refractivity contribution in [3.05, 3.63) is 29.8 Å². The van der Waals surface area contributed by atoms with Crippen LogP contribution < -0.4 is 10.1 Å². The normalized spacial score (nSPS) is 29.1. The second-order valence-corrected chi connectivity index (χ2v) is 7.00. The van der Waals surface area contributed by atoms with E-state index in [0.717, 1.165) is 30.9 Å². The van der Waals surface area contributed by atoms with E-state index in [2.05, 4.69) is 34.5 Å². The average molecular weight is 286 g/mol. The molecular weight excluding hydrogens is 260 g/mol. The molecule has 21 heavy (non-hydrogen) atoms. The molecule has 0 aromatic heterocycles. The van der Waals surface area contributed by atoms with Crippen LogP contribution in [0.4, 0.5) is 0 Å². The monoisotopic (exact) mass is 286 g/mol. The third-order valence-corrected chi connectivity index (χ3v) is 5.15. The van der Waals surface area contributed by atoms with Gasteiger partial charge in [0.15, 0.2) is 0 Å². The van der Waals surface area contributed by atoms with Crippen LogP contribution in [0, 0.1) is 5.92 Å². The summed E-state index contributed by atoms with van der Waals surface area (Å²) in [6.45, 7) is 5.77. The molecule has 2 atom stereocenters. The van der Waals surface area contributed by atoms with Gasteiger partial charge in [-0.25, -0.2) is 0 Å². The summed E-state index contributed by atoms with van der Waals surface area (Å²) in [5.41, 5.74) is 1.41. The fraction of sp³-hybridized carbons (Fsp3) is 0.667. The molecule has 0 spiro atoms. The van der Waals surface area contributed by atoms with Gasteiger partial charge in [0.25, 0.3) is 0 Å². The lowest BCUT2D eigenvalue weighted by atomic mass is 9.95. The molecule has 1 aliphatic carbocycles. The number of benzene rings is 1. The van der Waals surface area contributed by atoms with Crippen LogP contribution >= 0.6 is 0 Å². The smallest absolute Gasteiger partial charge is 0.122 e. The topological polar surface area (TPSA) is 24.5 Å². The minimum atomic E-state index is 0.566. The molecule has 3 aliphatic rings. The third kappa shape index (κ3) is 3.24. The zero-order chi connectivity index (χ0) is 14.1. The van der Waals surface area contributed by atoms with Gasteiger partial charge in [0.05, 0.1) is 6.61 Å². The molecular formula is C18H26N2O. The molecule has 0 bridgehead atoms. The Morgan fingerprint density at radius 2 is 2.10 bits per heavy atom. The first kappa shape index (κ1) is 13.6. The van der Waals surface area contributed by atoms with Crippen LogP contribution in [-0.4, -0.2) is 43.7 Å². The molecule has 3 nitrogen and oxygen atoms in total. The van der Waals surface area contributed by atoms with Gasteiger partial charge in [-0.1, -0.05) is 18.2 Å². The Labute approximate surface area is 127 Å². The Kier molecular flexibility index (Phi) is 3.87. The first-order chi connectivity index (χ1) is 10.4. The second kappa shape index (κ2) is 5.98. The van der Waals surface area contributed by atoms with Crippen molar-refractivity contribution in [3.8, 4) is 5.75 Å². The Morgan fingerprint density at radius 3 is 3.00 bits per heavy atom. The Morgan fingerprint density at radius 1 is 1.19 bits per heavy atom. The van der Waals surface area contributed by atoms with E-state index in [9.17, 15) is 0 Å². The van der Waals surface area contributed by atoms with Gasteiger partial charge in [-0.15, -0.1) is 0 Å². The zero-order valence-electron chi connectivity index (χ0n) is 12.8. The van der Waals surface area contributed by atoms with Crippen LogP contribution in [0.2, 0.25) is 0 Å². The molecule has 1 saturated heterocycles. The summed E-state index contributed by atoms with van der Waals surface area (Å²) in [7, 11) is 0. The van der Waals surface area contributed by atoms with E-state index >= 15 is 0 Å². The van der Waals surface area contributed by atoms with E-state index < -0.39 is 0 Å². The predicted octanol–water partition coefficient (Wildman–Crippen LogP) is 2.63. The van der Waals surface area contributed by atoms with Crippen molar-refractivity contribution in [2.45, 2.75) is 37.6 Å². The van der Waals surface area contributed by atoms with Crippen molar-refractivity contribution in [2.24, 2.45) is 5.92 Å². The SMILES string of the molecule is c1ccc2c(c1)OCC2CN1CCCC(CNC2CC2)C1. The lowest BCUT2D eigenvalue weighted by Gasteiger charge is -2.34. The van der Waals surface area contributed by atoms with Crippen LogP contribution in [-0.2, 0) is 0 Å². The summed E-state index contributed by atoms with van der Waals surface area (Å²) in [5, 5.41) is 3.70. The lowest BCUT2D eigenvalue weighted by Crippen LogP contribution is -2.41. The van der Waals surface area contributed by atoms with Crippen molar-refractivity contribution < 1.29 is 4.74 Å². The number of nitrogens with zero attached hydrogens (tertiary/aromatic N) is 1. The molecule has 1 N–H and O–H groups in total. The average Bonchev–Trinajstić information content (AvgIpc) is 3.27. The fourth-order valence-electron chi connectivity index (χ4n) is 3.80. The molecule has 1 aromatic carbocycles. The first-order valence-corrected chi connectivity index (χ1v) is 8.56. The Hall–Kier alpha value is -1.06. The van der Waals surface area contributed by atoms with Crippen LogP contribution in [0.3, 0.4) is 0 Å². The number of para-hydroxylation sites is 1. The van der Waals surface area contributed by atoms with E-state index in [4.69, 9.17) is 4.74 Å². The van der Waals surface area contributed by atoms with E-state index in [1.165, 1.54) is 50.9 Å². The summed E-state index contributed by atoms with van der Waals surface area (Å²) >= 11 is 0. The number of fused-ring (bicyclic) bond motifs is 1. The molecule has 0 amide bonds. The maximum absolute atomic E-state index is 5.83. The van der Waals surface area contributed by atoms with Crippen molar-refractivity contribution >= 4 is 0 Å². The number of nitrogens with one attached hydrogen (secondary N) is 1. The van der Waals surface area contributed by atoms with Crippen LogP contribution in [0.15, 0.2) is 24.3 Å². The van der Waals surface area contributed by atoms with Gasteiger partial charge in [-0.05, 0) is 50.8 Å². The van der Waals surface area contributed by atoms with Gasteiger partial charge in [0.2, 0.25) is 0 Å². The lowest BCUT2D eigenvalue weighted by molar-refractivity contribution is 0.156. The maximum Gasteiger partial charge on any atom is 0.122 e. The molecule has 2 fully saturated rings. The minimum absolute atomic E-state index is 0.566. The van der Waals surface area contributed by atoms with Crippen LogP contribution in [0.1, 0.15) is 37.2 Å². The summed E-state index contributed by atoms with van der Waals surface area (Å²) < 4.78 is 5.83. The highest BCUT2D eigenvalue weighted by Gasteiger charge is 2.29. The number of likely N-dealkylation sites (tertiary alicyclic amines) is 1. The molecule has 1 aromatic rings. The predicted molar refractivity (Wildman–Crippen MR) is 84.9 cm³/mol. The van der Waals surface area contributed by atoms with Gasteiger partial charge in [0.1, 0.15) is 5.75 Å². The van der Waals surface area contributed by atoms with E-state index in [1.807, 2.05) is 0 Å². The molecule has 1 saturated carbocycles. The quantitative estimate of drug-likeness (QED) is 0.900. The third-order valence-electron chi connectivity index (χ3n) is 5.15. The highest BCUT2D eigenvalue weighted by molar-refractivity contribution is 5.39. The summed E-state index contributed by atoms with van der Waals surface area (Å²) in [6.07, 6.45) is 5.54. The van der Waals surface area contributed by atoms with E-state index in [1.54, 1.807) is 0 Å². The van der Waals surface area contributed by atoms with Crippen molar-refractivity contribution in [1.82, 2.24) is 10.2 Å². The Balaban J connectivity index is 1.32. The van der Waals surface area contributed by atoms with E-state index in [0.29, 0.717) is 5.92 Å². The summed E-state index contributed by atoms with van der Waals surface area (Å²) in [5.74, 6) is 2.51. The van der Waals surface area contributed by atoms with Gasteiger partial charge in [-0.3, -0.25) is 0 Å². The molecule has 2 heterocycles. The largest absolute Gasteiger partial charge is 0.493 e. The highest BCUT2D eigenvalue weighted by Crippen LogP contribution is 2.34. The van der Waals surface area contributed by atoms with Crippen molar-refractivity contribution in [3.63, 3.8) is 0 Å². The number of rotatable bonds is 5. The molecule has 114 valence electrons. The zero-order valence-corrected chi connectivity index (χ0v) is 12.8. The first-order valence-electron chi connectivity index (χ1n) is 8.56. The molecule has 2 aliphatic heterocycles. The van der Waals surface area contributed by atoms with E-state index in [-0.39, 0.29) is 0 Å². The molecule has 4 rings (SSSR count). The van der Waals surface area contributed by atoms with Gasteiger partial charge in [0, 0.05) is 30.6 Å².